The molecule has 1 aliphatic rings. The molecule has 1 amide bonds. The van der Waals surface area contributed by atoms with Crippen molar-refractivity contribution in [1.82, 2.24) is 5.32 Å². The quantitative estimate of drug-likeness (QED) is 0.512. The zero-order chi connectivity index (χ0) is 21.7. The molecule has 0 aromatic heterocycles. The van der Waals surface area contributed by atoms with E-state index < -0.39 is 34.6 Å². The topological polar surface area (TPSA) is 100 Å². The molecule has 1 saturated heterocycles. The second-order valence-corrected chi connectivity index (χ2v) is 7.25. The molecule has 2 aromatic rings. The number of amides is 1. The molecule has 1 heterocycles. The molecule has 1 aliphatic heterocycles. The van der Waals surface area contributed by atoms with Gasteiger partial charge in [0.05, 0.1) is 12.6 Å². The molecule has 11 heteroatoms. The molecule has 1 fully saturated rings. The van der Waals surface area contributed by atoms with Gasteiger partial charge in [-0.05, 0) is 29.8 Å². The van der Waals surface area contributed by atoms with Crippen LogP contribution in [0.1, 0.15) is 17.5 Å². The molecule has 0 saturated carbocycles. The molecule has 2 N–H and O–H groups in total. The fourth-order valence-electron chi connectivity index (χ4n) is 2.42. The SMILES string of the molecule is O=C(O)CC1SC(=NN=Cc2ccc(F)cc2OCc2ccc(F)c(F)c2)NC1=O. The van der Waals surface area contributed by atoms with Crippen molar-refractivity contribution >= 4 is 35.0 Å². The van der Waals surface area contributed by atoms with Crippen molar-refractivity contribution in [3.63, 3.8) is 0 Å². The summed E-state index contributed by atoms with van der Waals surface area (Å²) >= 11 is 0.936. The van der Waals surface area contributed by atoms with E-state index in [1.807, 2.05) is 0 Å². The van der Waals surface area contributed by atoms with Crippen molar-refractivity contribution in [3.8, 4) is 5.75 Å². The van der Waals surface area contributed by atoms with E-state index in [1.54, 1.807) is 0 Å². The highest BCUT2D eigenvalue weighted by Crippen LogP contribution is 2.23. The first-order valence-electron chi connectivity index (χ1n) is 8.48. The van der Waals surface area contributed by atoms with Crippen molar-refractivity contribution < 1.29 is 32.6 Å². The Kier molecular flexibility index (Phi) is 6.72. The zero-order valence-electron chi connectivity index (χ0n) is 15.1. The first-order chi connectivity index (χ1) is 14.3. The monoisotopic (exact) mass is 437 g/mol. The molecule has 2 aromatic carbocycles. The number of halogens is 3. The summed E-state index contributed by atoms with van der Waals surface area (Å²) < 4.78 is 45.4. The maximum absolute atomic E-state index is 13.6. The number of carboxylic acid groups (broad SMARTS) is 1. The van der Waals surface area contributed by atoms with Crippen LogP contribution >= 0.6 is 11.8 Å². The highest BCUT2D eigenvalue weighted by atomic mass is 32.2. The van der Waals surface area contributed by atoms with Gasteiger partial charge in [-0.2, -0.15) is 5.10 Å². The molecule has 3 rings (SSSR count). The van der Waals surface area contributed by atoms with Gasteiger partial charge in [-0.3, -0.25) is 9.59 Å². The second kappa shape index (κ2) is 9.44. The molecular weight excluding hydrogens is 423 g/mol. The Morgan fingerprint density at radius 3 is 2.73 bits per heavy atom. The summed E-state index contributed by atoms with van der Waals surface area (Å²) in [6.07, 6.45) is 0.906. The van der Waals surface area contributed by atoms with Crippen LogP contribution in [0.15, 0.2) is 46.6 Å². The maximum Gasteiger partial charge on any atom is 0.305 e. The number of carbonyl (C=O) groups is 2. The number of hydrogen-bond donors (Lipinski definition) is 2. The Labute approximate surface area is 172 Å². The Bertz CT molecular complexity index is 1050. The van der Waals surface area contributed by atoms with Crippen LogP contribution in [0, 0.1) is 17.5 Å². The van der Waals surface area contributed by atoms with Crippen LogP contribution in [0.3, 0.4) is 0 Å². The van der Waals surface area contributed by atoms with Crippen molar-refractivity contribution in [2.24, 2.45) is 10.2 Å². The average Bonchev–Trinajstić information content (AvgIpc) is 3.02. The molecule has 0 bridgehead atoms. The lowest BCUT2D eigenvalue weighted by Crippen LogP contribution is -2.26. The van der Waals surface area contributed by atoms with E-state index in [2.05, 4.69) is 15.5 Å². The number of rotatable bonds is 7. The van der Waals surface area contributed by atoms with Gasteiger partial charge in [0.15, 0.2) is 16.8 Å². The molecule has 7 nitrogen and oxygen atoms in total. The van der Waals surface area contributed by atoms with Gasteiger partial charge in [0, 0.05) is 11.6 Å². The van der Waals surface area contributed by atoms with Gasteiger partial charge >= 0.3 is 5.97 Å². The van der Waals surface area contributed by atoms with Crippen LogP contribution in [0.2, 0.25) is 0 Å². The maximum atomic E-state index is 13.6. The van der Waals surface area contributed by atoms with E-state index >= 15 is 0 Å². The fourth-order valence-corrected chi connectivity index (χ4v) is 3.33. The molecule has 1 unspecified atom stereocenters. The normalized spacial score (nSPS) is 17.5. The lowest BCUT2D eigenvalue weighted by atomic mass is 10.2. The minimum absolute atomic E-state index is 0.0931. The standard InChI is InChI=1S/C19H14F3N3O4S/c20-12-3-2-11(8-23-25-19-24-18(28)16(30-19)7-17(26)27)15(6-12)29-9-10-1-4-13(21)14(22)5-10/h1-6,8,16H,7,9H2,(H,26,27)(H,24,25,28). The minimum atomic E-state index is -1.11. The lowest BCUT2D eigenvalue weighted by Gasteiger charge is -2.09. The van der Waals surface area contributed by atoms with Gasteiger partial charge in [-0.25, -0.2) is 13.2 Å². The highest BCUT2D eigenvalue weighted by molar-refractivity contribution is 8.15. The van der Waals surface area contributed by atoms with Crippen LogP contribution in [-0.2, 0) is 16.2 Å². The fraction of sp³-hybridized carbons (Fsp3) is 0.158. The third-order valence-electron chi connectivity index (χ3n) is 3.84. The van der Waals surface area contributed by atoms with Crippen LogP contribution in [0.25, 0.3) is 0 Å². The van der Waals surface area contributed by atoms with E-state index in [0.717, 1.165) is 30.0 Å². The van der Waals surface area contributed by atoms with Gasteiger partial charge in [0.2, 0.25) is 5.91 Å². The summed E-state index contributed by atoms with van der Waals surface area (Å²) in [5.74, 6) is -4.08. The summed E-state index contributed by atoms with van der Waals surface area (Å²) in [6, 6.07) is 6.93. The number of hydrogen-bond acceptors (Lipinski definition) is 6. The number of amidine groups is 1. The first-order valence-corrected chi connectivity index (χ1v) is 9.36. The molecule has 0 radical (unpaired) electrons. The first kappa shape index (κ1) is 21.4. The molecule has 0 spiro atoms. The minimum Gasteiger partial charge on any atom is -0.488 e. The second-order valence-electron chi connectivity index (χ2n) is 6.06. The van der Waals surface area contributed by atoms with E-state index in [0.29, 0.717) is 11.1 Å². The molecule has 1 atom stereocenters. The Balaban J connectivity index is 1.69. The number of nitrogens with one attached hydrogen (secondary N) is 1. The Morgan fingerprint density at radius 1 is 1.20 bits per heavy atom. The summed E-state index contributed by atoms with van der Waals surface area (Å²) in [5.41, 5.74) is 0.690. The van der Waals surface area contributed by atoms with Crippen LogP contribution in [0.5, 0.6) is 5.75 Å². The van der Waals surface area contributed by atoms with E-state index in [4.69, 9.17) is 9.84 Å². The summed E-state index contributed by atoms with van der Waals surface area (Å²) in [6.45, 7) is -0.140. The summed E-state index contributed by atoms with van der Waals surface area (Å²) in [5, 5.41) is 18.1. The number of aliphatic carboxylic acids is 1. The smallest absolute Gasteiger partial charge is 0.305 e. The van der Waals surface area contributed by atoms with E-state index in [-0.39, 0.29) is 23.9 Å². The largest absolute Gasteiger partial charge is 0.488 e. The van der Waals surface area contributed by atoms with Gasteiger partial charge in [-0.15, -0.1) is 5.10 Å². The average molecular weight is 437 g/mol. The van der Waals surface area contributed by atoms with Gasteiger partial charge in [-0.1, -0.05) is 17.8 Å². The van der Waals surface area contributed by atoms with Gasteiger partial charge in [0.25, 0.3) is 0 Å². The Hall–Kier alpha value is -3.34. The van der Waals surface area contributed by atoms with Gasteiger partial charge < -0.3 is 15.2 Å². The summed E-state index contributed by atoms with van der Waals surface area (Å²) in [4.78, 5) is 22.4. The number of carbonyl (C=O) groups excluding carboxylic acids is 1. The van der Waals surface area contributed by atoms with Crippen molar-refractivity contribution in [2.75, 3.05) is 0 Å². The predicted molar refractivity (Wildman–Crippen MR) is 104 cm³/mol. The lowest BCUT2D eigenvalue weighted by molar-refractivity contribution is -0.138. The number of carboxylic acids is 1. The molecule has 30 heavy (non-hydrogen) atoms. The summed E-state index contributed by atoms with van der Waals surface area (Å²) in [7, 11) is 0. The third kappa shape index (κ3) is 5.60. The predicted octanol–water partition coefficient (Wildman–Crippen LogP) is 3.08. The van der Waals surface area contributed by atoms with Gasteiger partial charge in [0.1, 0.15) is 23.4 Å². The number of ether oxygens (including phenoxy) is 1. The highest BCUT2D eigenvalue weighted by Gasteiger charge is 2.32. The van der Waals surface area contributed by atoms with Crippen LogP contribution in [0.4, 0.5) is 13.2 Å². The zero-order valence-corrected chi connectivity index (χ0v) is 16.0. The number of nitrogens with zero attached hydrogens (tertiary/aromatic N) is 2. The molecule has 0 aliphatic carbocycles. The molecular formula is C19H14F3N3O4S. The Morgan fingerprint density at radius 2 is 2.00 bits per heavy atom. The van der Waals surface area contributed by atoms with E-state index in [9.17, 15) is 22.8 Å². The van der Waals surface area contributed by atoms with E-state index in [1.165, 1.54) is 24.4 Å². The number of thioether (sulfide) groups is 1. The molecule has 156 valence electrons. The number of benzene rings is 2. The third-order valence-corrected chi connectivity index (χ3v) is 4.91. The van der Waals surface area contributed by atoms with Crippen molar-refractivity contribution in [2.45, 2.75) is 18.3 Å². The van der Waals surface area contributed by atoms with Crippen molar-refractivity contribution in [3.05, 3.63) is 65.0 Å². The van der Waals surface area contributed by atoms with Crippen LogP contribution in [-0.4, -0.2) is 33.6 Å². The van der Waals surface area contributed by atoms with Crippen molar-refractivity contribution in [1.29, 1.82) is 0 Å². The van der Waals surface area contributed by atoms with Crippen LogP contribution < -0.4 is 10.1 Å².